The second kappa shape index (κ2) is 5.52. The Morgan fingerprint density at radius 3 is 3.06 bits per heavy atom. The zero-order chi connectivity index (χ0) is 12.3. The number of benzene rings is 1. The van der Waals surface area contributed by atoms with E-state index in [1.54, 1.807) is 4.90 Å². The third kappa shape index (κ3) is 3.45. The standard InChI is InChI=1S/C13H17ClN2O/c1-16-9-12(5-6-13(16)17)15-8-10-3-2-4-11(14)7-10/h2-4,7,12,15H,5-6,8-9H2,1H3. The van der Waals surface area contributed by atoms with Crippen molar-refractivity contribution in [2.75, 3.05) is 13.6 Å². The van der Waals surface area contributed by atoms with Crippen LogP contribution >= 0.6 is 11.6 Å². The largest absolute Gasteiger partial charge is 0.344 e. The Labute approximate surface area is 107 Å². The van der Waals surface area contributed by atoms with Crippen LogP contribution in [0.2, 0.25) is 5.02 Å². The van der Waals surface area contributed by atoms with Crippen LogP contribution in [0.15, 0.2) is 24.3 Å². The van der Waals surface area contributed by atoms with Gasteiger partial charge in [0.1, 0.15) is 0 Å². The average Bonchev–Trinajstić information content (AvgIpc) is 2.31. The molecule has 1 saturated heterocycles. The summed E-state index contributed by atoms with van der Waals surface area (Å²) in [6.45, 7) is 1.59. The second-order valence-electron chi connectivity index (χ2n) is 4.52. The number of likely N-dealkylation sites (tertiary alicyclic amines) is 1. The molecule has 2 rings (SSSR count). The second-order valence-corrected chi connectivity index (χ2v) is 4.96. The summed E-state index contributed by atoms with van der Waals surface area (Å²) in [6, 6.07) is 8.23. The summed E-state index contributed by atoms with van der Waals surface area (Å²) in [5, 5.41) is 4.23. The lowest BCUT2D eigenvalue weighted by atomic mass is 10.1. The highest BCUT2D eigenvalue weighted by Crippen LogP contribution is 2.13. The van der Waals surface area contributed by atoms with Crippen molar-refractivity contribution in [3.05, 3.63) is 34.9 Å². The normalized spacial score (nSPS) is 20.7. The lowest BCUT2D eigenvalue weighted by molar-refractivity contribution is -0.132. The summed E-state index contributed by atoms with van der Waals surface area (Å²) in [4.78, 5) is 13.1. The first-order chi connectivity index (χ1) is 8.15. The molecular formula is C13H17ClN2O. The smallest absolute Gasteiger partial charge is 0.222 e. The Kier molecular flexibility index (Phi) is 4.02. The molecule has 0 saturated carbocycles. The van der Waals surface area contributed by atoms with Gasteiger partial charge in [-0.2, -0.15) is 0 Å². The number of nitrogens with zero attached hydrogens (tertiary/aromatic N) is 1. The van der Waals surface area contributed by atoms with Crippen LogP contribution in [0.5, 0.6) is 0 Å². The fourth-order valence-corrected chi connectivity index (χ4v) is 2.30. The minimum Gasteiger partial charge on any atom is -0.344 e. The Morgan fingerprint density at radius 2 is 2.35 bits per heavy atom. The van der Waals surface area contributed by atoms with Crippen LogP contribution in [0.3, 0.4) is 0 Å². The molecule has 1 aromatic rings. The van der Waals surface area contributed by atoms with Gasteiger partial charge < -0.3 is 10.2 Å². The average molecular weight is 253 g/mol. The van der Waals surface area contributed by atoms with Crippen LogP contribution < -0.4 is 5.32 Å². The van der Waals surface area contributed by atoms with Gasteiger partial charge in [0.2, 0.25) is 5.91 Å². The van der Waals surface area contributed by atoms with E-state index in [0.717, 1.165) is 24.5 Å². The summed E-state index contributed by atoms with van der Waals surface area (Å²) in [5.41, 5.74) is 1.18. The fraction of sp³-hybridized carbons (Fsp3) is 0.462. The molecule has 0 aromatic heterocycles. The van der Waals surface area contributed by atoms with Crippen molar-refractivity contribution in [3.8, 4) is 0 Å². The summed E-state index contributed by atoms with van der Waals surface area (Å²) in [5.74, 6) is 0.241. The molecule has 1 atom stereocenters. The number of rotatable bonds is 3. The Bertz CT molecular complexity index is 408. The van der Waals surface area contributed by atoms with Crippen LogP contribution in [0.25, 0.3) is 0 Å². The van der Waals surface area contributed by atoms with E-state index in [-0.39, 0.29) is 5.91 Å². The van der Waals surface area contributed by atoms with Gasteiger partial charge in [-0.25, -0.2) is 0 Å². The zero-order valence-electron chi connectivity index (χ0n) is 9.95. The van der Waals surface area contributed by atoms with Crippen LogP contribution in [0.1, 0.15) is 18.4 Å². The summed E-state index contributed by atoms with van der Waals surface area (Å²) in [7, 11) is 1.86. The molecule has 0 bridgehead atoms. The molecule has 1 amide bonds. The van der Waals surface area contributed by atoms with Gasteiger partial charge in [0.05, 0.1) is 0 Å². The Balaban J connectivity index is 1.84. The predicted octanol–water partition coefficient (Wildman–Crippen LogP) is 2.05. The molecule has 17 heavy (non-hydrogen) atoms. The van der Waals surface area contributed by atoms with Gasteiger partial charge >= 0.3 is 0 Å². The van der Waals surface area contributed by atoms with Crippen LogP contribution in [-0.4, -0.2) is 30.4 Å². The van der Waals surface area contributed by atoms with Crippen LogP contribution in [0, 0.1) is 0 Å². The van der Waals surface area contributed by atoms with Gasteiger partial charge in [-0.1, -0.05) is 23.7 Å². The molecule has 3 nitrogen and oxygen atoms in total. The zero-order valence-corrected chi connectivity index (χ0v) is 10.7. The van der Waals surface area contributed by atoms with Gasteiger partial charge in [-0.05, 0) is 24.1 Å². The maximum absolute atomic E-state index is 11.3. The number of nitrogens with one attached hydrogen (secondary N) is 1. The number of likely N-dealkylation sites (N-methyl/N-ethyl adjacent to an activating group) is 1. The number of carbonyl (C=O) groups excluding carboxylic acids is 1. The Hall–Kier alpha value is -1.06. The van der Waals surface area contributed by atoms with Crippen molar-refractivity contribution in [2.45, 2.75) is 25.4 Å². The van der Waals surface area contributed by atoms with Crippen molar-refractivity contribution < 1.29 is 4.79 Å². The molecule has 92 valence electrons. The highest BCUT2D eigenvalue weighted by atomic mass is 35.5. The number of hydrogen-bond acceptors (Lipinski definition) is 2. The number of carbonyl (C=O) groups is 1. The van der Waals surface area contributed by atoms with Gasteiger partial charge in [-0.3, -0.25) is 4.79 Å². The van der Waals surface area contributed by atoms with Gasteiger partial charge in [0.15, 0.2) is 0 Å². The summed E-state index contributed by atoms with van der Waals surface area (Å²) in [6.07, 6.45) is 1.56. The van der Waals surface area contributed by atoms with Gasteiger partial charge in [0, 0.05) is 37.6 Å². The van der Waals surface area contributed by atoms with Crippen molar-refractivity contribution >= 4 is 17.5 Å². The summed E-state index contributed by atoms with van der Waals surface area (Å²) < 4.78 is 0. The van der Waals surface area contributed by atoms with E-state index in [2.05, 4.69) is 11.4 Å². The van der Waals surface area contributed by atoms with E-state index in [0.29, 0.717) is 12.5 Å². The molecule has 1 unspecified atom stereocenters. The SMILES string of the molecule is CN1CC(NCc2cccc(Cl)c2)CCC1=O. The third-order valence-electron chi connectivity index (χ3n) is 3.11. The first kappa shape index (κ1) is 12.4. The number of piperidine rings is 1. The van der Waals surface area contributed by atoms with E-state index in [1.165, 1.54) is 5.56 Å². The van der Waals surface area contributed by atoms with Crippen molar-refractivity contribution in [1.82, 2.24) is 10.2 Å². The van der Waals surface area contributed by atoms with E-state index in [1.807, 2.05) is 25.2 Å². The molecule has 1 N–H and O–H groups in total. The fourth-order valence-electron chi connectivity index (χ4n) is 2.09. The lowest BCUT2D eigenvalue weighted by Crippen LogP contribution is -2.46. The van der Waals surface area contributed by atoms with Crippen molar-refractivity contribution in [1.29, 1.82) is 0 Å². The predicted molar refractivity (Wildman–Crippen MR) is 69.0 cm³/mol. The van der Waals surface area contributed by atoms with Gasteiger partial charge in [-0.15, -0.1) is 0 Å². The number of halogens is 1. The van der Waals surface area contributed by atoms with Crippen LogP contribution in [0.4, 0.5) is 0 Å². The number of hydrogen-bond donors (Lipinski definition) is 1. The summed E-state index contributed by atoms with van der Waals surface area (Å²) >= 11 is 5.93. The van der Waals surface area contributed by atoms with E-state index in [4.69, 9.17) is 11.6 Å². The highest BCUT2D eigenvalue weighted by Gasteiger charge is 2.21. The molecule has 4 heteroatoms. The molecule has 1 heterocycles. The maximum atomic E-state index is 11.3. The van der Waals surface area contributed by atoms with Crippen molar-refractivity contribution in [3.63, 3.8) is 0 Å². The first-order valence-electron chi connectivity index (χ1n) is 5.87. The monoisotopic (exact) mass is 252 g/mol. The highest BCUT2D eigenvalue weighted by molar-refractivity contribution is 6.30. The topological polar surface area (TPSA) is 32.3 Å². The number of amides is 1. The minimum absolute atomic E-state index is 0.241. The third-order valence-corrected chi connectivity index (χ3v) is 3.35. The Morgan fingerprint density at radius 1 is 1.53 bits per heavy atom. The molecule has 1 aromatic carbocycles. The molecule has 1 aliphatic rings. The quantitative estimate of drug-likeness (QED) is 0.893. The molecule has 0 spiro atoms. The van der Waals surface area contributed by atoms with E-state index < -0.39 is 0 Å². The minimum atomic E-state index is 0.241. The van der Waals surface area contributed by atoms with Crippen LogP contribution in [-0.2, 0) is 11.3 Å². The molecule has 0 radical (unpaired) electrons. The molecular weight excluding hydrogens is 236 g/mol. The first-order valence-corrected chi connectivity index (χ1v) is 6.25. The molecule has 1 fully saturated rings. The van der Waals surface area contributed by atoms with Crippen molar-refractivity contribution in [2.24, 2.45) is 0 Å². The lowest BCUT2D eigenvalue weighted by Gasteiger charge is -2.30. The molecule has 0 aliphatic carbocycles. The maximum Gasteiger partial charge on any atom is 0.222 e. The van der Waals surface area contributed by atoms with E-state index in [9.17, 15) is 4.79 Å². The van der Waals surface area contributed by atoms with E-state index >= 15 is 0 Å². The van der Waals surface area contributed by atoms with Gasteiger partial charge in [0.25, 0.3) is 0 Å². The molecule has 1 aliphatic heterocycles.